The second kappa shape index (κ2) is 7.75. The highest BCUT2D eigenvalue weighted by Gasteiger charge is 2.14. The molecule has 0 saturated heterocycles. The molecule has 21 heavy (non-hydrogen) atoms. The number of nitrogens with zero attached hydrogens (tertiary/aromatic N) is 3. The Hall–Kier alpha value is -1.92. The maximum atomic E-state index is 5.78. The quantitative estimate of drug-likeness (QED) is 0.801. The highest BCUT2D eigenvalue weighted by Crippen LogP contribution is 2.09. The van der Waals surface area contributed by atoms with Crippen molar-refractivity contribution in [3.8, 4) is 11.7 Å². The number of methoxy groups -OCH3 is 1. The van der Waals surface area contributed by atoms with Crippen LogP contribution >= 0.6 is 0 Å². The SMILES string of the molecule is COCC(CNC(C)C)Oc1ncn(-c2ccccc2)n1. The van der Waals surface area contributed by atoms with Crippen LogP contribution in [0.25, 0.3) is 5.69 Å². The number of rotatable bonds is 8. The lowest BCUT2D eigenvalue weighted by molar-refractivity contribution is 0.0730. The van der Waals surface area contributed by atoms with Crippen LogP contribution in [-0.4, -0.2) is 47.2 Å². The van der Waals surface area contributed by atoms with Gasteiger partial charge >= 0.3 is 6.01 Å². The van der Waals surface area contributed by atoms with Crippen LogP contribution in [0.15, 0.2) is 36.7 Å². The number of ether oxygens (including phenoxy) is 2. The summed E-state index contributed by atoms with van der Waals surface area (Å²) in [5.74, 6) is 0. The predicted molar refractivity (Wildman–Crippen MR) is 80.8 cm³/mol. The molecule has 0 amide bonds. The molecule has 1 aromatic heterocycles. The van der Waals surface area contributed by atoms with Crippen molar-refractivity contribution in [2.75, 3.05) is 20.3 Å². The molecule has 0 aliphatic heterocycles. The molecule has 114 valence electrons. The van der Waals surface area contributed by atoms with E-state index >= 15 is 0 Å². The van der Waals surface area contributed by atoms with Crippen molar-refractivity contribution in [3.63, 3.8) is 0 Å². The predicted octanol–water partition coefficient (Wildman–Crippen LogP) is 1.66. The molecular formula is C15H22N4O2. The van der Waals surface area contributed by atoms with Crippen LogP contribution in [0.5, 0.6) is 6.01 Å². The van der Waals surface area contributed by atoms with E-state index in [4.69, 9.17) is 9.47 Å². The third kappa shape index (κ3) is 4.84. The first kappa shape index (κ1) is 15.5. The van der Waals surface area contributed by atoms with E-state index < -0.39 is 0 Å². The lowest BCUT2D eigenvalue weighted by Crippen LogP contribution is -2.38. The minimum Gasteiger partial charge on any atom is -0.455 e. The highest BCUT2D eigenvalue weighted by atomic mass is 16.5. The molecular weight excluding hydrogens is 268 g/mol. The Kier molecular flexibility index (Phi) is 5.71. The number of hydrogen-bond donors (Lipinski definition) is 1. The van der Waals surface area contributed by atoms with Gasteiger partial charge in [0.25, 0.3) is 0 Å². The van der Waals surface area contributed by atoms with E-state index in [1.165, 1.54) is 0 Å². The molecule has 6 nitrogen and oxygen atoms in total. The Morgan fingerprint density at radius 3 is 2.67 bits per heavy atom. The molecule has 0 spiro atoms. The summed E-state index contributed by atoms with van der Waals surface area (Å²) >= 11 is 0. The van der Waals surface area contributed by atoms with Gasteiger partial charge < -0.3 is 14.8 Å². The summed E-state index contributed by atoms with van der Waals surface area (Å²) in [5.41, 5.74) is 0.948. The molecule has 1 N–H and O–H groups in total. The minimum absolute atomic E-state index is 0.121. The monoisotopic (exact) mass is 290 g/mol. The Morgan fingerprint density at radius 1 is 1.24 bits per heavy atom. The van der Waals surface area contributed by atoms with E-state index in [9.17, 15) is 0 Å². The molecule has 2 rings (SSSR count). The van der Waals surface area contributed by atoms with Gasteiger partial charge in [0.2, 0.25) is 0 Å². The summed E-state index contributed by atoms with van der Waals surface area (Å²) in [4.78, 5) is 4.19. The first-order chi connectivity index (χ1) is 10.2. The maximum Gasteiger partial charge on any atom is 0.336 e. The first-order valence-corrected chi connectivity index (χ1v) is 7.05. The van der Waals surface area contributed by atoms with E-state index in [0.717, 1.165) is 5.69 Å². The Morgan fingerprint density at radius 2 is 2.00 bits per heavy atom. The second-order valence-electron chi connectivity index (χ2n) is 5.07. The molecule has 0 radical (unpaired) electrons. The highest BCUT2D eigenvalue weighted by molar-refractivity contribution is 5.29. The van der Waals surface area contributed by atoms with Crippen molar-refractivity contribution in [2.45, 2.75) is 26.0 Å². The maximum absolute atomic E-state index is 5.78. The zero-order valence-electron chi connectivity index (χ0n) is 12.7. The third-order valence-corrected chi connectivity index (χ3v) is 2.87. The lowest BCUT2D eigenvalue weighted by Gasteiger charge is -2.18. The molecule has 0 fully saturated rings. The standard InChI is InChI=1S/C15H22N4O2/c1-12(2)16-9-14(10-20-3)21-15-17-11-19(18-15)13-7-5-4-6-8-13/h4-8,11-12,14,16H,9-10H2,1-3H3. The topological polar surface area (TPSA) is 61.2 Å². The van der Waals surface area contributed by atoms with Gasteiger partial charge in [-0.3, -0.25) is 0 Å². The van der Waals surface area contributed by atoms with Gasteiger partial charge in [-0.05, 0) is 12.1 Å². The average Bonchev–Trinajstić information content (AvgIpc) is 2.94. The molecule has 0 bridgehead atoms. The fraction of sp³-hybridized carbons (Fsp3) is 0.467. The number of benzene rings is 1. The normalized spacial score (nSPS) is 12.6. The summed E-state index contributed by atoms with van der Waals surface area (Å²) in [5, 5.41) is 7.65. The van der Waals surface area contributed by atoms with Gasteiger partial charge in [-0.2, -0.15) is 4.98 Å². The fourth-order valence-corrected chi connectivity index (χ4v) is 1.84. The number of hydrogen-bond acceptors (Lipinski definition) is 5. The van der Waals surface area contributed by atoms with E-state index in [1.54, 1.807) is 18.1 Å². The van der Waals surface area contributed by atoms with Gasteiger partial charge in [-0.15, -0.1) is 5.10 Å². The summed E-state index contributed by atoms with van der Waals surface area (Å²) in [6.45, 7) is 5.35. The Balaban J connectivity index is 1.99. The summed E-state index contributed by atoms with van der Waals surface area (Å²) in [7, 11) is 1.65. The summed E-state index contributed by atoms with van der Waals surface area (Å²) in [6.07, 6.45) is 1.52. The smallest absolute Gasteiger partial charge is 0.336 e. The Labute approximate surface area is 125 Å². The number of aromatic nitrogens is 3. The van der Waals surface area contributed by atoms with Crippen molar-refractivity contribution in [2.24, 2.45) is 0 Å². The van der Waals surface area contributed by atoms with E-state index in [-0.39, 0.29) is 6.10 Å². The van der Waals surface area contributed by atoms with Gasteiger partial charge in [-0.1, -0.05) is 32.0 Å². The molecule has 2 aromatic rings. The zero-order valence-corrected chi connectivity index (χ0v) is 12.7. The van der Waals surface area contributed by atoms with Crippen molar-refractivity contribution in [1.29, 1.82) is 0 Å². The largest absolute Gasteiger partial charge is 0.455 e. The van der Waals surface area contributed by atoms with Crippen LogP contribution in [-0.2, 0) is 4.74 Å². The van der Waals surface area contributed by atoms with Crippen LogP contribution in [0.1, 0.15) is 13.8 Å². The van der Waals surface area contributed by atoms with E-state index in [0.29, 0.717) is 25.2 Å². The zero-order chi connectivity index (χ0) is 15.1. The van der Waals surface area contributed by atoms with Crippen LogP contribution in [0.2, 0.25) is 0 Å². The third-order valence-electron chi connectivity index (χ3n) is 2.87. The molecule has 1 atom stereocenters. The van der Waals surface area contributed by atoms with Gasteiger partial charge in [0.1, 0.15) is 12.4 Å². The molecule has 1 aromatic carbocycles. The number of nitrogens with one attached hydrogen (secondary N) is 1. The molecule has 6 heteroatoms. The van der Waals surface area contributed by atoms with E-state index in [1.807, 2.05) is 30.3 Å². The van der Waals surface area contributed by atoms with Crippen LogP contribution in [0.3, 0.4) is 0 Å². The van der Waals surface area contributed by atoms with E-state index in [2.05, 4.69) is 29.2 Å². The molecule has 0 aliphatic rings. The van der Waals surface area contributed by atoms with Crippen molar-refractivity contribution >= 4 is 0 Å². The van der Waals surface area contributed by atoms with Crippen molar-refractivity contribution in [3.05, 3.63) is 36.7 Å². The fourth-order valence-electron chi connectivity index (χ4n) is 1.84. The first-order valence-electron chi connectivity index (χ1n) is 7.05. The summed E-state index contributed by atoms with van der Waals surface area (Å²) < 4.78 is 12.6. The minimum atomic E-state index is -0.121. The lowest BCUT2D eigenvalue weighted by atomic mass is 10.3. The molecule has 0 saturated carbocycles. The van der Waals surface area contributed by atoms with Gasteiger partial charge in [-0.25, -0.2) is 4.68 Å². The average molecular weight is 290 g/mol. The van der Waals surface area contributed by atoms with Gasteiger partial charge in [0, 0.05) is 19.7 Å². The molecule has 1 unspecified atom stereocenters. The van der Waals surface area contributed by atoms with Crippen molar-refractivity contribution < 1.29 is 9.47 Å². The van der Waals surface area contributed by atoms with Crippen LogP contribution < -0.4 is 10.1 Å². The number of para-hydroxylation sites is 1. The Bertz CT molecular complexity index is 527. The van der Waals surface area contributed by atoms with Crippen LogP contribution in [0, 0.1) is 0 Å². The van der Waals surface area contributed by atoms with Crippen LogP contribution in [0.4, 0.5) is 0 Å². The van der Waals surface area contributed by atoms with Gasteiger partial charge in [0.05, 0.1) is 12.3 Å². The van der Waals surface area contributed by atoms with Crippen molar-refractivity contribution in [1.82, 2.24) is 20.1 Å². The summed E-state index contributed by atoms with van der Waals surface area (Å²) in [6, 6.07) is 10.5. The molecule has 0 aliphatic carbocycles. The van der Waals surface area contributed by atoms with Gasteiger partial charge in [0.15, 0.2) is 0 Å². The molecule has 1 heterocycles. The second-order valence-corrected chi connectivity index (χ2v) is 5.07.